The van der Waals surface area contributed by atoms with Crippen LogP contribution < -0.4 is 15.7 Å². The first-order valence-electron chi connectivity index (χ1n) is 30.1. The number of nitrogens with one attached hydrogen (secondary N) is 1. The van der Waals surface area contributed by atoms with Gasteiger partial charge < -0.3 is 19.2 Å². The van der Waals surface area contributed by atoms with Crippen molar-refractivity contribution in [1.82, 2.24) is 5.32 Å². The van der Waals surface area contributed by atoms with Gasteiger partial charge in [-0.1, -0.05) is 225 Å². The van der Waals surface area contributed by atoms with Gasteiger partial charge in [0.2, 0.25) is 0 Å². The highest BCUT2D eigenvalue weighted by Gasteiger charge is 2.50. The first kappa shape index (κ1) is 66.3. The molecule has 0 aliphatic rings. The van der Waals surface area contributed by atoms with Gasteiger partial charge in [-0.15, -0.1) is 0 Å². The minimum Gasteiger partial charge on any atom is -0.461 e. The molecule has 0 aliphatic carbocycles. The summed E-state index contributed by atoms with van der Waals surface area (Å²) in [5.41, 5.74) is 0. The maximum absolute atomic E-state index is 12.8. The van der Waals surface area contributed by atoms with Crippen molar-refractivity contribution < 1.29 is 23.5 Å². The van der Waals surface area contributed by atoms with Crippen LogP contribution in [0.4, 0.5) is 0 Å². The number of esters is 2. The van der Waals surface area contributed by atoms with Crippen molar-refractivity contribution >= 4 is 54.2 Å². The molecule has 0 bridgehead atoms. The number of benzene rings is 2. The molecule has 1 N–H and O–H groups in total. The molecule has 0 aromatic heterocycles. The van der Waals surface area contributed by atoms with Gasteiger partial charge in [-0.2, -0.15) is 23.5 Å². The Morgan fingerprint density at radius 3 is 1.29 bits per heavy atom. The van der Waals surface area contributed by atoms with E-state index in [1.54, 1.807) is 0 Å². The summed E-state index contributed by atoms with van der Waals surface area (Å²) in [7, 11) is -2.53. The highest BCUT2D eigenvalue weighted by atomic mass is 32.2. The molecule has 9 heteroatoms. The lowest BCUT2D eigenvalue weighted by atomic mass is 10.0. The Morgan fingerprint density at radius 2 is 0.875 bits per heavy atom. The predicted octanol–water partition coefficient (Wildman–Crippen LogP) is 17.4. The molecular formula is C63H111NO5S2Si. The van der Waals surface area contributed by atoms with Gasteiger partial charge in [0.15, 0.2) is 0 Å². The molecule has 6 nitrogen and oxygen atoms in total. The summed E-state index contributed by atoms with van der Waals surface area (Å²) in [6.07, 6.45) is 36.6. The molecule has 414 valence electrons. The second-order valence-electron chi connectivity index (χ2n) is 22.0. The van der Waals surface area contributed by atoms with Crippen LogP contribution in [0.1, 0.15) is 254 Å². The summed E-state index contributed by atoms with van der Waals surface area (Å²) >= 11 is 3.98. The number of hydrogen-bond donors (Lipinski definition) is 1. The van der Waals surface area contributed by atoms with Crippen molar-refractivity contribution in [1.29, 1.82) is 0 Å². The zero-order valence-corrected chi connectivity index (χ0v) is 50.4. The van der Waals surface area contributed by atoms with Crippen LogP contribution in [0.2, 0.25) is 5.04 Å². The van der Waals surface area contributed by atoms with Gasteiger partial charge >= 0.3 is 11.9 Å². The van der Waals surface area contributed by atoms with Crippen LogP contribution in [0.25, 0.3) is 0 Å². The van der Waals surface area contributed by atoms with Crippen LogP contribution in [0.3, 0.4) is 0 Å². The normalized spacial score (nSPS) is 13.3. The molecule has 2 rings (SSSR count). The molecule has 2 aromatic carbocycles. The number of unbranched alkanes of at least 4 members (excludes halogenated alkanes) is 19. The second-order valence-corrected chi connectivity index (χ2v) is 28.6. The van der Waals surface area contributed by atoms with E-state index in [2.05, 4.69) is 114 Å². The van der Waals surface area contributed by atoms with Gasteiger partial charge in [-0.05, 0) is 111 Å². The van der Waals surface area contributed by atoms with Crippen molar-refractivity contribution in [3.63, 3.8) is 0 Å². The third-order valence-corrected chi connectivity index (χ3v) is 21.8. The van der Waals surface area contributed by atoms with E-state index in [9.17, 15) is 9.59 Å². The quantitative estimate of drug-likeness (QED) is 0.0399. The van der Waals surface area contributed by atoms with Crippen molar-refractivity contribution in [3.8, 4) is 0 Å². The maximum Gasteiger partial charge on any atom is 0.306 e. The number of hydrogen-bond acceptors (Lipinski definition) is 8. The topological polar surface area (TPSA) is 73.9 Å². The van der Waals surface area contributed by atoms with Crippen LogP contribution in [-0.4, -0.2) is 74.7 Å². The van der Waals surface area contributed by atoms with E-state index in [1.807, 2.05) is 23.5 Å². The molecule has 0 radical (unpaired) electrons. The van der Waals surface area contributed by atoms with Crippen LogP contribution in [0.5, 0.6) is 0 Å². The van der Waals surface area contributed by atoms with E-state index in [4.69, 9.17) is 13.9 Å². The predicted molar refractivity (Wildman–Crippen MR) is 320 cm³/mol. The molecule has 2 aromatic rings. The van der Waals surface area contributed by atoms with E-state index in [1.165, 1.54) is 139 Å². The number of ether oxygens (including phenoxy) is 2. The lowest BCUT2D eigenvalue weighted by Crippen LogP contribution is -2.66. The minimum atomic E-state index is -2.53. The summed E-state index contributed by atoms with van der Waals surface area (Å²) in [4.78, 5) is 25.5. The zero-order valence-electron chi connectivity index (χ0n) is 47.7. The average Bonchev–Trinajstić information content (AvgIpc) is 3.37. The highest BCUT2D eigenvalue weighted by molar-refractivity contribution is 7.99. The molecule has 0 heterocycles. The van der Waals surface area contributed by atoms with Crippen LogP contribution in [0.15, 0.2) is 60.7 Å². The van der Waals surface area contributed by atoms with E-state index in [-0.39, 0.29) is 29.2 Å². The Bertz CT molecular complexity index is 1450. The largest absolute Gasteiger partial charge is 0.461 e. The fraction of sp³-hybridized carbons (Fsp3) is 0.778. The number of carbonyl (C=O) groups is 2. The van der Waals surface area contributed by atoms with E-state index in [0.29, 0.717) is 18.9 Å². The first-order chi connectivity index (χ1) is 35.1. The van der Waals surface area contributed by atoms with E-state index in [0.717, 1.165) is 100 Å². The van der Waals surface area contributed by atoms with Gasteiger partial charge in [0.25, 0.3) is 8.32 Å². The molecule has 0 saturated heterocycles. The molecule has 0 saturated carbocycles. The van der Waals surface area contributed by atoms with Crippen LogP contribution >= 0.6 is 23.5 Å². The Balaban J connectivity index is 1.92. The summed E-state index contributed by atoms with van der Waals surface area (Å²) < 4.78 is 19.4. The fourth-order valence-corrected chi connectivity index (χ4v) is 16.8. The van der Waals surface area contributed by atoms with Gasteiger partial charge in [-0.25, -0.2) is 0 Å². The summed E-state index contributed by atoms with van der Waals surface area (Å²) in [6, 6.07) is 22.6. The third-order valence-electron chi connectivity index (χ3n) is 14.4. The smallest absolute Gasteiger partial charge is 0.306 e. The maximum atomic E-state index is 12.8. The highest BCUT2D eigenvalue weighted by Crippen LogP contribution is 2.37. The van der Waals surface area contributed by atoms with Gasteiger partial charge in [0.05, 0.1) is 0 Å². The van der Waals surface area contributed by atoms with Crippen molar-refractivity contribution in [2.24, 2.45) is 0 Å². The number of rotatable bonds is 49. The first-order valence-corrected chi connectivity index (χ1v) is 34.4. The third kappa shape index (κ3) is 31.3. The fourth-order valence-electron chi connectivity index (χ4n) is 10.0. The van der Waals surface area contributed by atoms with E-state index < -0.39 is 8.32 Å². The van der Waals surface area contributed by atoms with Crippen molar-refractivity contribution in [2.75, 3.05) is 36.2 Å². The van der Waals surface area contributed by atoms with Crippen LogP contribution in [-0.2, 0) is 23.5 Å². The summed E-state index contributed by atoms with van der Waals surface area (Å²) in [5, 5.41) is 6.72. The Morgan fingerprint density at radius 1 is 0.486 bits per heavy atom. The molecule has 0 spiro atoms. The minimum absolute atomic E-state index is 0.0118. The Hall–Kier alpha value is -1.78. The summed E-state index contributed by atoms with van der Waals surface area (Å²) in [5.74, 6) is 4.16. The molecular weight excluding hydrogens is 943 g/mol. The standard InChI is InChI=1S/C63H111NO5S2Si/c1-8-12-16-20-34-48-61(65)68-57(42-28-18-14-10-3)54-70-52-38-24-26-40-56(41-27-25-39-53-71-55-58(43-29-19-15-11-4)69-62(66)49-35-21-17-13-9-2)64-50-36-37-51-67-72(63(5,6)7,59-44-30-22-31-45-59)60-46-32-23-33-47-60/h22-23,30-33,44-47,56-58,64H,8-21,24-29,34-43,48-55H2,1-7H3. The number of carbonyl (C=O) groups excluding carboxylic acids is 2. The van der Waals surface area contributed by atoms with Crippen LogP contribution in [0, 0.1) is 0 Å². The monoisotopic (exact) mass is 1050 g/mol. The molecule has 2 unspecified atom stereocenters. The average molecular weight is 1050 g/mol. The lowest BCUT2D eigenvalue weighted by molar-refractivity contribution is -0.149. The van der Waals surface area contributed by atoms with Crippen molar-refractivity contribution in [3.05, 3.63) is 60.7 Å². The number of thioether (sulfide) groups is 2. The molecule has 72 heavy (non-hydrogen) atoms. The van der Waals surface area contributed by atoms with Gasteiger partial charge in [-0.3, -0.25) is 9.59 Å². The molecule has 0 aliphatic heterocycles. The van der Waals surface area contributed by atoms with E-state index >= 15 is 0 Å². The van der Waals surface area contributed by atoms with Crippen molar-refractivity contribution in [2.45, 2.75) is 277 Å². The molecule has 0 amide bonds. The van der Waals surface area contributed by atoms with Gasteiger partial charge in [0, 0.05) is 37.0 Å². The summed E-state index contributed by atoms with van der Waals surface area (Å²) in [6.45, 7) is 17.9. The zero-order chi connectivity index (χ0) is 52.2. The lowest BCUT2D eigenvalue weighted by Gasteiger charge is -2.43. The Kier molecular flexibility index (Phi) is 40.9. The Labute approximate surface area is 454 Å². The SMILES string of the molecule is CCCCCCCC(=O)OC(CCCCCC)CSCCCCCC(CCCCCSCC(CCCCCC)OC(=O)CCCCCCC)NCCCCO[Si](c1ccccc1)(c1ccccc1)C(C)(C)C. The second kappa shape index (κ2) is 44.4. The molecule has 2 atom stereocenters. The molecule has 0 fully saturated rings. The van der Waals surface area contributed by atoms with Gasteiger partial charge in [0.1, 0.15) is 12.2 Å².